The standard InChI is InChI=1S/C16H17N3.2ClH/c1-19-15-9-8-13(17)11-14(15)18-16(19)10-7-12-5-3-2-4-6-12;;/h2-6,8-9,11H,7,10,17H2,1H3;2*1H. The number of halogens is 2. The highest BCUT2D eigenvalue weighted by atomic mass is 35.5. The van der Waals surface area contributed by atoms with E-state index in [1.807, 2.05) is 24.3 Å². The van der Waals surface area contributed by atoms with Crippen LogP contribution >= 0.6 is 24.8 Å². The molecule has 0 bridgehead atoms. The van der Waals surface area contributed by atoms with Crippen molar-refractivity contribution in [1.29, 1.82) is 0 Å². The van der Waals surface area contributed by atoms with Crippen LogP contribution in [0.3, 0.4) is 0 Å². The number of hydrogen-bond donors (Lipinski definition) is 1. The van der Waals surface area contributed by atoms with Crippen LogP contribution in [0.1, 0.15) is 11.4 Å². The van der Waals surface area contributed by atoms with Gasteiger partial charge in [0.15, 0.2) is 0 Å². The van der Waals surface area contributed by atoms with Crippen LogP contribution in [0, 0.1) is 0 Å². The summed E-state index contributed by atoms with van der Waals surface area (Å²) in [5, 5.41) is 0. The molecule has 0 radical (unpaired) electrons. The minimum atomic E-state index is 0. The Kier molecular flexibility index (Phi) is 6.06. The molecule has 0 aliphatic heterocycles. The number of aromatic nitrogens is 2. The first-order chi connectivity index (χ1) is 9.24. The fourth-order valence-corrected chi connectivity index (χ4v) is 2.39. The van der Waals surface area contributed by atoms with Gasteiger partial charge >= 0.3 is 0 Å². The van der Waals surface area contributed by atoms with Crippen LogP contribution in [0.4, 0.5) is 5.69 Å². The second-order valence-electron chi connectivity index (χ2n) is 4.82. The van der Waals surface area contributed by atoms with Crippen molar-refractivity contribution in [3.8, 4) is 0 Å². The topological polar surface area (TPSA) is 43.8 Å². The molecule has 3 rings (SSSR count). The number of aryl methyl sites for hydroxylation is 3. The van der Waals surface area contributed by atoms with Crippen molar-refractivity contribution < 1.29 is 0 Å². The van der Waals surface area contributed by atoms with Crippen LogP contribution in [0.2, 0.25) is 0 Å². The van der Waals surface area contributed by atoms with Crippen LogP contribution in [0.15, 0.2) is 48.5 Å². The van der Waals surface area contributed by atoms with Crippen LogP contribution in [-0.2, 0) is 19.9 Å². The fraction of sp³-hybridized carbons (Fsp3) is 0.188. The minimum Gasteiger partial charge on any atom is -0.399 e. The van der Waals surface area contributed by atoms with Gasteiger partial charge in [0.1, 0.15) is 5.82 Å². The van der Waals surface area contributed by atoms with E-state index in [-0.39, 0.29) is 24.8 Å². The molecule has 1 heterocycles. The van der Waals surface area contributed by atoms with Gasteiger partial charge in [0.05, 0.1) is 11.0 Å². The average molecular weight is 324 g/mol. The highest BCUT2D eigenvalue weighted by molar-refractivity contribution is 5.85. The molecule has 0 amide bonds. The van der Waals surface area contributed by atoms with E-state index in [9.17, 15) is 0 Å². The van der Waals surface area contributed by atoms with Crippen molar-refractivity contribution in [2.24, 2.45) is 7.05 Å². The van der Waals surface area contributed by atoms with Crippen LogP contribution in [0.5, 0.6) is 0 Å². The van der Waals surface area contributed by atoms with Gasteiger partial charge in [0.25, 0.3) is 0 Å². The summed E-state index contributed by atoms with van der Waals surface area (Å²) >= 11 is 0. The minimum absolute atomic E-state index is 0. The van der Waals surface area contributed by atoms with Crippen molar-refractivity contribution in [2.45, 2.75) is 12.8 Å². The lowest BCUT2D eigenvalue weighted by Gasteiger charge is -2.02. The Morgan fingerprint density at radius 3 is 2.43 bits per heavy atom. The highest BCUT2D eigenvalue weighted by Gasteiger charge is 2.07. The number of anilines is 1. The quantitative estimate of drug-likeness (QED) is 0.745. The van der Waals surface area contributed by atoms with Gasteiger partial charge in [0.2, 0.25) is 0 Å². The van der Waals surface area contributed by atoms with E-state index in [0.717, 1.165) is 35.4 Å². The van der Waals surface area contributed by atoms with E-state index >= 15 is 0 Å². The number of nitrogens with two attached hydrogens (primary N) is 1. The van der Waals surface area contributed by atoms with Gasteiger partial charge in [-0.15, -0.1) is 24.8 Å². The first-order valence-electron chi connectivity index (χ1n) is 6.49. The second kappa shape index (κ2) is 7.34. The second-order valence-corrected chi connectivity index (χ2v) is 4.82. The third-order valence-corrected chi connectivity index (χ3v) is 3.48. The van der Waals surface area contributed by atoms with Gasteiger partial charge < -0.3 is 10.3 Å². The molecule has 0 aliphatic carbocycles. The Hall–Kier alpha value is -1.71. The van der Waals surface area contributed by atoms with E-state index in [4.69, 9.17) is 5.73 Å². The Bertz CT molecular complexity index is 708. The molecule has 0 atom stereocenters. The van der Waals surface area contributed by atoms with E-state index in [1.165, 1.54) is 5.56 Å². The van der Waals surface area contributed by atoms with Gasteiger partial charge in [-0.1, -0.05) is 30.3 Å². The summed E-state index contributed by atoms with van der Waals surface area (Å²) in [5.74, 6) is 1.10. The maximum atomic E-state index is 5.80. The summed E-state index contributed by atoms with van der Waals surface area (Å²) in [7, 11) is 2.06. The Morgan fingerprint density at radius 1 is 1.00 bits per heavy atom. The summed E-state index contributed by atoms with van der Waals surface area (Å²) in [6.45, 7) is 0. The molecule has 0 aliphatic rings. The van der Waals surface area contributed by atoms with Gasteiger partial charge in [-0.3, -0.25) is 0 Å². The number of imidazole rings is 1. The molecule has 0 fully saturated rings. The number of hydrogen-bond acceptors (Lipinski definition) is 2. The molecule has 0 unspecified atom stereocenters. The fourth-order valence-electron chi connectivity index (χ4n) is 2.39. The van der Waals surface area contributed by atoms with Crippen LogP contribution < -0.4 is 5.73 Å². The summed E-state index contributed by atoms with van der Waals surface area (Å²) < 4.78 is 2.15. The van der Waals surface area contributed by atoms with Gasteiger partial charge in [-0.05, 0) is 30.2 Å². The summed E-state index contributed by atoms with van der Waals surface area (Å²) in [4.78, 5) is 4.67. The number of nitrogens with zero attached hydrogens (tertiary/aromatic N) is 2. The molecule has 0 saturated heterocycles. The molecule has 3 nitrogen and oxygen atoms in total. The van der Waals surface area contributed by atoms with Crippen LogP contribution in [0.25, 0.3) is 11.0 Å². The molecule has 2 N–H and O–H groups in total. The number of nitrogen functional groups attached to an aromatic ring is 1. The third-order valence-electron chi connectivity index (χ3n) is 3.48. The zero-order valence-corrected chi connectivity index (χ0v) is 13.5. The predicted octanol–water partition coefficient (Wildman–Crippen LogP) is 3.78. The smallest absolute Gasteiger partial charge is 0.109 e. The van der Waals surface area contributed by atoms with Crippen molar-refractivity contribution in [2.75, 3.05) is 5.73 Å². The maximum absolute atomic E-state index is 5.80. The summed E-state index contributed by atoms with van der Waals surface area (Å²) in [5.41, 5.74) is 10.0. The Balaban J connectivity index is 0.00000110. The first-order valence-corrected chi connectivity index (χ1v) is 6.49. The van der Waals surface area contributed by atoms with Crippen molar-refractivity contribution in [3.63, 3.8) is 0 Å². The number of fused-ring (bicyclic) bond motifs is 1. The van der Waals surface area contributed by atoms with E-state index in [0.29, 0.717) is 0 Å². The van der Waals surface area contributed by atoms with Gasteiger partial charge in [-0.2, -0.15) is 0 Å². The average Bonchev–Trinajstić information content (AvgIpc) is 2.74. The van der Waals surface area contributed by atoms with Crippen molar-refractivity contribution in [1.82, 2.24) is 9.55 Å². The van der Waals surface area contributed by atoms with Gasteiger partial charge in [0, 0.05) is 19.2 Å². The van der Waals surface area contributed by atoms with Gasteiger partial charge in [-0.25, -0.2) is 4.98 Å². The molecule has 3 aromatic rings. The molecular formula is C16H19Cl2N3. The monoisotopic (exact) mass is 323 g/mol. The Labute approximate surface area is 137 Å². The molecule has 112 valence electrons. The molecule has 21 heavy (non-hydrogen) atoms. The summed E-state index contributed by atoms with van der Waals surface area (Å²) in [6, 6.07) is 16.4. The molecule has 0 spiro atoms. The third kappa shape index (κ3) is 3.69. The maximum Gasteiger partial charge on any atom is 0.109 e. The normalized spacial score (nSPS) is 9.95. The largest absolute Gasteiger partial charge is 0.399 e. The van der Waals surface area contributed by atoms with Crippen molar-refractivity contribution >= 4 is 41.5 Å². The number of benzene rings is 2. The van der Waals surface area contributed by atoms with E-state index in [2.05, 4.69) is 40.9 Å². The van der Waals surface area contributed by atoms with Crippen LogP contribution in [-0.4, -0.2) is 9.55 Å². The molecule has 5 heteroatoms. The highest BCUT2D eigenvalue weighted by Crippen LogP contribution is 2.18. The Morgan fingerprint density at radius 2 is 1.71 bits per heavy atom. The predicted molar refractivity (Wildman–Crippen MR) is 93.5 cm³/mol. The SMILES string of the molecule is Cl.Cl.Cn1c(CCc2ccccc2)nc2cc(N)ccc21. The van der Waals surface area contributed by atoms with E-state index in [1.54, 1.807) is 0 Å². The van der Waals surface area contributed by atoms with Crippen molar-refractivity contribution in [3.05, 3.63) is 59.9 Å². The zero-order chi connectivity index (χ0) is 13.2. The molecule has 1 aromatic heterocycles. The number of rotatable bonds is 3. The zero-order valence-electron chi connectivity index (χ0n) is 11.8. The van der Waals surface area contributed by atoms with E-state index < -0.39 is 0 Å². The summed E-state index contributed by atoms with van der Waals surface area (Å²) in [6.07, 6.45) is 1.95. The molecule has 2 aromatic carbocycles. The molecular weight excluding hydrogens is 305 g/mol. The lowest BCUT2D eigenvalue weighted by atomic mass is 10.1. The first kappa shape index (κ1) is 17.3. The lowest BCUT2D eigenvalue weighted by molar-refractivity contribution is 0.787. The lowest BCUT2D eigenvalue weighted by Crippen LogP contribution is -2.00. The molecule has 0 saturated carbocycles.